The van der Waals surface area contributed by atoms with Gasteiger partial charge in [-0.25, -0.2) is 8.42 Å². The molecule has 2 fully saturated rings. The van der Waals surface area contributed by atoms with Gasteiger partial charge in [-0.15, -0.1) is 0 Å². The van der Waals surface area contributed by atoms with Crippen LogP contribution in [0.1, 0.15) is 32.1 Å². The highest BCUT2D eigenvalue weighted by Gasteiger charge is 2.30. The molecule has 1 aromatic carbocycles. The first-order valence-corrected chi connectivity index (χ1v) is 11.9. The van der Waals surface area contributed by atoms with Gasteiger partial charge in [0, 0.05) is 36.6 Å². The van der Waals surface area contributed by atoms with Gasteiger partial charge in [-0.05, 0) is 31.0 Å². The number of hydrogen-bond donors (Lipinski definition) is 1. The third-order valence-corrected chi connectivity index (χ3v) is 7.80. The van der Waals surface area contributed by atoms with Crippen LogP contribution in [0.2, 0.25) is 0 Å². The van der Waals surface area contributed by atoms with Crippen LogP contribution in [0.25, 0.3) is 0 Å². The maximum Gasteiger partial charge on any atom is 0.243 e. The Kier molecular flexibility index (Phi) is 7.11. The monoisotopic (exact) mass is 471 g/mol. The van der Waals surface area contributed by atoms with Gasteiger partial charge in [-0.2, -0.15) is 4.31 Å². The van der Waals surface area contributed by atoms with Gasteiger partial charge in [0.05, 0.1) is 11.4 Å². The number of halogens is 1. The Morgan fingerprint density at radius 1 is 1.07 bits per heavy atom. The predicted octanol–water partition coefficient (Wildman–Crippen LogP) is 1.98. The minimum Gasteiger partial charge on any atom is -0.347 e. The molecule has 3 rings (SSSR count). The molecule has 1 saturated carbocycles. The molecule has 1 N–H and O–H groups in total. The van der Waals surface area contributed by atoms with Gasteiger partial charge < -0.3 is 10.2 Å². The Hall–Kier alpha value is -1.45. The Labute approximate surface area is 174 Å². The SMILES string of the molecule is O=C(NCC(=O)N1CCN(S(=O)(=O)c2cccc(Br)c2)CC1)C1CCCCC1. The third-order valence-electron chi connectivity index (χ3n) is 5.42. The second-order valence-electron chi connectivity index (χ2n) is 7.29. The molecule has 1 aliphatic heterocycles. The zero-order valence-electron chi connectivity index (χ0n) is 15.8. The van der Waals surface area contributed by atoms with Gasteiger partial charge in [0.15, 0.2) is 0 Å². The van der Waals surface area contributed by atoms with Crippen LogP contribution in [-0.4, -0.2) is 62.2 Å². The van der Waals surface area contributed by atoms with Crippen LogP contribution < -0.4 is 5.32 Å². The van der Waals surface area contributed by atoms with Crippen molar-refractivity contribution < 1.29 is 18.0 Å². The van der Waals surface area contributed by atoms with Crippen molar-refractivity contribution in [3.63, 3.8) is 0 Å². The van der Waals surface area contributed by atoms with E-state index in [0.29, 0.717) is 17.6 Å². The lowest BCUT2D eigenvalue weighted by molar-refractivity contribution is -0.135. The molecule has 7 nitrogen and oxygen atoms in total. The van der Waals surface area contributed by atoms with Crippen molar-refractivity contribution in [2.45, 2.75) is 37.0 Å². The maximum atomic E-state index is 12.8. The molecule has 28 heavy (non-hydrogen) atoms. The van der Waals surface area contributed by atoms with Gasteiger partial charge in [-0.1, -0.05) is 41.3 Å². The number of sulfonamides is 1. The number of benzene rings is 1. The number of nitrogens with zero attached hydrogens (tertiary/aromatic N) is 2. The summed E-state index contributed by atoms with van der Waals surface area (Å²) in [5, 5.41) is 2.76. The van der Waals surface area contributed by atoms with E-state index in [-0.39, 0.29) is 42.3 Å². The van der Waals surface area contributed by atoms with Crippen LogP contribution in [0, 0.1) is 5.92 Å². The molecule has 1 saturated heterocycles. The molecule has 9 heteroatoms. The number of rotatable bonds is 5. The average Bonchev–Trinajstić information content (AvgIpc) is 2.72. The lowest BCUT2D eigenvalue weighted by Gasteiger charge is -2.34. The summed E-state index contributed by atoms with van der Waals surface area (Å²) in [6, 6.07) is 6.61. The first-order valence-electron chi connectivity index (χ1n) is 9.69. The Morgan fingerprint density at radius 3 is 2.39 bits per heavy atom. The van der Waals surface area contributed by atoms with Crippen molar-refractivity contribution in [3.05, 3.63) is 28.7 Å². The van der Waals surface area contributed by atoms with Gasteiger partial charge >= 0.3 is 0 Å². The van der Waals surface area contributed by atoms with E-state index in [1.54, 1.807) is 29.2 Å². The highest BCUT2D eigenvalue weighted by atomic mass is 79.9. The lowest BCUT2D eigenvalue weighted by atomic mass is 9.89. The number of hydrogen-bond acceptors (Lipinski definition) is 4. The van der Waals surface area contributed by atoms with Gasteiger partial charge in [0.2, 0.25) is 21.8 Å². The summed E-state index contributed by atoms with van der Waals surface area (Å²) in [6.45, 7) is 1.12. The van der Waals surface area contributed by atoms with E-state index < -0.39 is 10.0 Å². The molecule has 1 aromatic rings. The minimum atomic E-state index is -3.58. The van der Waals surface area contributed by atoms with Crippen molar-refractivity contribution in [1.29, 1.82) is 0 Å². The fourth-order valence-corrected chi connectivity index (χ4v) is 5.76. The highest BCUT2D eigenvalue weighted by molar-refractivity contribution is 9.10. The minimum absolute atomic E-state index is 0.0201. The molecule has 2 amide bonds. The van der Waals surface area contributed by atoms with E-state index in [9.17, 15) is 18.0 Å². The molecule has 1 aliphatic carbocycles. The molecule has 0 aromatic heterocycles. The van der Waals surface area contributed by atoms with Crippen molar-refractivity contribution >= 4 is 37.8 Å². The van der Waals surface area contributed by atoms with E-state index in [4.69, 9.17) is 0 Å². The largest absolute Gasteiger partial charge is 0.347 e. The normalized spacial score (nSPS) is 19.4. The van der Waals surface area contributed by atoms with Gasteiger partial charge in [0.25, 0.3) is 0 Å². The lowest BCUT2D eigenvalue weighted by Crippen LogP contribution is -2.52. The van der Waals surface area contributed by atoms with Crippen LogP contribution >= 0.6 is 15.9 Å². The van der Waals surface area contributed by atoms with Gasteiger partial charge in [0.1, 0.15) is 0 Å². The summed E-state index contributed by atoms with van der Waals surface area (Å²) in [5.41, 5.74) is 0. The van der Waals surface area contributed by atoms with Crippen molar-refractivity contribution in [3.8, 4) is 0 Å². The summed E-state index contributed by atoms with van der Waals surface area (Å²) in [4.78, 5) is 26.4. The molecule has 2 aliphatic rings. The Balaban J connectivity index is 1.49. The summed E-state index contributed by atoms with van der Waals surface area (Å²) < 4.78 is 27.6. The fraction of sp³-hybridized carbons (Fsp3) is 0.579. The highest BCUT2D eigenvalue weighted by Crippen LogP contribution is 2.24. The smallest absolute Gasteiger partial charge is 0.243 e. The number of carbonyl (C=O) groups is 2. The molecule has 0 radical (unpaired) electrons. The summed E-state index contributed by atoms with van der Waals surface area (Å²) in [7, 11) is -3.58. The standard InChI is InChI=1S/C19H26BrN3O4S/c20-16-7-4-8-17(13-16)28(26,27)23-11-9-22(10-12-23)18(24)14-21-19(25)15-5-2-1-3-6-15/h4,7-8,13,15H,1-3,5-6,9-12,14H2,(H,21,25). The maximum absolute atomic E-state index is 12.8. The van der Waals surface area contributed by atoms with Crippen LogP contribution in [0.4, 0.5) is 0 Å². The molecule has 0 bridgehead atoms. The van der Waals surface area contributed by atoms with E-state index in [1.807, 2.05) is 0 Å². The Bertz CT molecular complexity index is 816. The molecule has 154 valence electrons. The topological polar surface area (TPSA) is 86.8 Å². The number of piperazine rings is 1. The van der Waals surface area contributed by atoms with Crippen molar-refractivity contribution in [2.24, 2.45) is 5.92 Å². The number of nitrogens with one attached hydrogen (secondary N) is 1. The summed E-state index contributed by atoms with van der Waals surface area (Å²) >= 11 is 3.29. The third kappa shape index (κ3) is 5.12. The van der Waals surface area contributed by atoms with Gasteiger partial charge in [-0.3, -0.25) is 9.59 Å². The van der Waals surface area contributed by atoms with Crippen molar-refractivity contribution in [1.82, 2.24) is 14.5 Å². The number of amides is 2. The van der Waals surface area contributed by atoms with E-state index in [1.165, 1.54) is 10.7 Å². The van der Waals surface area contributed by atoms with E-state index >= 15 is 0 Å². The van der Waals surface area contributed by atoms with Crippen LogP contribution in [0.5, 0.6) is 0 Å². The molecule has 1 heterocycles. The zero-order chi connectivity index (χ0) is 20.1. The zero-order valence-corrected chi connectivity index (χ0v) is 18.2. The number of carbonyl (C=O) groups excluding carboxylic acids is 2. The first-order chi connectivity index (χ1) is 13.4. The fourth-order valence-electron chi connectivity index (χ4n) is 3.74. The quantitative estimate of drug-likeness (QED) is 0.710. The summed E-state index contributed by atoms with van der Waals surface area (Å²) in [6.07, 6.45) is 5.11. The predicted molar refractivity (Wildman–Crippen MR) is 109 cm³/mol. The Morgan fingerprint density at radius 2 is 1.75 bits per heavy atom. The molecular weight excluding hydrogens is 446 g/mol. The second-order valence-corrected chi connectivity index (χ2v) is 10.1. The van der Waals surface area contributed by atoms with Crippen LogP contribution in [-0.2, 0) is 19.6 Å². The first kappa shape index (κ1) is 21.3. The molecule has 0 spiro atoms. The molecule has 0 atom stereocenters. The van der Waals surface area contributed by atoms with Crippen molar-refractivity contribution in [2.75, 3.05) is 32.7 Å². The second kappa shape index (κ2) is 9.37. The van der Waals surface area contributed by atoms with Crippen LogP contribution in [0.15, 0.2) is 33.6 Å². The summed E-state index contributed by atoms with van der Waals surface area (Å²) in [5.74, 6) is -0.179. The molecule has 0 unspecified atom stereocenters. The van der Waals surface area contributed by atoms with E-state index in [0.717, 1.165) is 25.7 Å². The molecular formula is C19H26BrN3O4S. The van der Waals surface area contributed by atoms with Crippen LogP contribution in [0.3, 0.4) is 0 Å². The van der Waals surface area contributed by atoms with E-state index in [2.05, 4.69) is 21.2 Å². The average molecular weight is 472 g/mol.